The van der Waals surface area contributed by atoms with E-state index in [-0.39, 0.29) is 5.56 Å². The predicted molar refractivity (Wildman–Crippen MR) is 76.0 cm³/mol. The standard InChI is InChI=1S/C15H19N3O2/c1-2-17-7-4-3-5-13(17)12-10-18-8-6-11(15(19)20)9-14(18)16-12/h6,8-10,13H,2-5,7H2,1H3,(H,19,20). The number of aromatic nitrogens is 2. The van der Waals surface area contributed by atoms with Crippen molar-refractivity contribution in [3.8, 4) is 0 Å². The summed E-state index contributed by atoms with van der Waals surface area (Å²) in [4.78, 5) is 18.1. The number of aromatic carboxylic acids is 1. The highest BCUT2D eigenvalue weighted by molar-refractivity contribution is 5.88. The van der Waals surface area contributed by atoms with Gasteiger partial charge in [-0.1, -0.05) is 13.3 Å². The summed E-state index contributed by atoms with van der Waals surface area (Å²) in [7, 11) is 0. The van der Waals surface area contributed by atoms with Crippen LogP contribution in [0.3, 0.4) is 0 Å². The van der Waals surface area contributed by atoms with Crippen LogP contribution in [0.5, 0.6) is 0 Å². The van der Waals surface area contributed by atoms with Crippen LogP contribution in [0.1, 0.15) is 48.3 Å². The topological polar surface area (TPSA) is 57.8 Å². The van der Waals surface area contributed by atoms with Crippen LogP contribution in [0, 0.1) is 0 Å². The van der Waals surface area contributed by atoms with E-state index in [4.69, 9.17) is 5.11 Å². The summed E-state index contributed by atoms with van der Waals surface area (Å²) in [5.41, 5.74) is 2.04. The Balaban J connectivity index is 1.97. The molecule has 0 radical (unpaired) electrons. The fourth-order valence-electron chi connectivity index (χ4n) is 3.00. The van der Waals surface area contributed by atoms with Gasteiger partial charge in [0.2, 0.25) is 0 Å². The molecule has 1 saturated heterocycles. The SMILES string of the molecule is CCN1CCCCC1c1cn2ccc(C(=O)O)cc2n1. The van der Waals surface area contributed by atoms with Gasteiger partial charge in [0.25, 0.3) is 0 Å². The molecule has 3 rings (SSSR count). The first kappa shape index (κ1) is 13.1. The molecule has 5 heteroatoms. The summed E-state index contributed by atoms with van der Waals surface area (Å²) in [5.74, 6) is -0.912. The molecule has 1 fully saturated rings. The Hall–Kier alpha value is -1.88. The predicted octanol–water partition coefficient (Wildman–Crippen LogP) is 2.58. The van der Waals surface area contributed by atoms with E-state index in [1.165, 1.54) is 12.8 Å². The van der Waals surface area contributed by atoms with Gasteiger partial charge in [0.05, 0.1) is 17.3 Å². The lowest BCUT2D eigenvalue weighted by atomic mass is 10.00. The largest absolute Gasteiger partial charge is 0.478 e. The van der Waals surface area contributed by atoms with Crippen molar-refractivity contribution in [3.63, 3.8) is 0 Å². The summed E-state index contributed by atoms with van der Waals surface area (Å²) in [6, 6.07) is 3.60. The third-order valence-corrected chi connectivity index (χ3v) is 4.09. The van der Waals surface area contributed by atoms with Crippen LogP contribution in [0.25, 0.3) is 5.65 Å². The highest BCUT2D eigenvalue weighted by Gasteiger charge is 2.24. The monoisotopic (exact) mass is 273 g/mol. The second-order valence-electron chi connectivity index (χ2n) is 5.29. The zero-order valence-electron chi connectivity index (χ0n) is 11.6. The number of pyridine rings is 1. The second-order valence-corrected chi connectivity index (χ2v) is 5.29. The van der Waals surface area contributed by atoms with E-state index in [1.54, 1.807) is 18.3 Å². The summed E-state index contributed by atoms with van der Waals surface area (Å²) in [5, 5.41) is 9.03. The molecule has 0 aliphatic carbocycles. The molecule has 2 aromatic rings. The first-order valence-electron chi connectivity index (χ1n) is 7.15. The molecular weight excluding hydrogens is 254 g/mol. The van der Waals surface area contributed by atoms with E-state index in [2.05, 4.69) is 16.8 Å². The molecule has 20 heavy (non-hydrogen) atoms. The van der Waals surface area contributed by atoms with Crippen molar-refractivity contribution in [1.29, 1.82) is 0 Å². The molecule has 1 N–H and O–H groups in total. The number of likely N-dealkylation sites (tertiary alicyclic amines) is 1. The number of carboxylic acids is 1. The molecule has 106 valence electrons. The van der Waals surface area contributed by atoms with Crippen LogP contribution in [0.4, 0.5) is 0 Å². The Morgan fingerprint density at radius 1 is 1.50 bits per heavy atom. The molecule has 5 nitrogen and oxygen atoms in total. The second kappa shape index (κ2) is 5.25. The average Bonchev–Trinajstić information content (AvgIpc) is 2.89. The van der Waals surface area contributed by atoms with Crippen LogP contribution in [0.15, 0.2) is 24.5 Å². The van der Waals surface area contributed by atoms with Gasteiger partial charge in [-0.05, 0) is 38.1 Å². The van der Waals surface area contributed by atoms with Gasteiger partial charge in [0, 0.05) is 12.4 Å². The van der Waals surface area contributed by atoms with Crippen LogP contribution in [-0.2, 0) is 0 Å². The van der Waals surface area contributed by atoms with Crippen LogP contribution < -0.4 is 0 Å². The Bertz CT molecular complexity index is 635. The van der Waals surface area contributed by atoms with Gasteiger partial charge in [0.15, 0.2) is 0 Å². The Kier molecular flexibility index (Phi) is 3.44. The average molecular weight is 273 g/mol. The number of fused-ring (bicyclic) bond motifs is 1. The number of hydrogen-bond acceptors (Lipinski definition) is 3. The Labute approximate surface area is 117 Å². The smallest absolute Gasteiger partial charge is 0.335 e. The van der Waals surface area contributed by atoms with Crippen molar-refractivity contribution in [2.45, 2.75) is 32.2 Å². The normalized spacial score (nSPS) is 20.4. The minimum absolute atomic E-state index is 0.283. The zero-order chi connectivity index (χ0) is 14.1. The highest BCUT2D eigenvalue weighted by atomic mass is 16.4. The van der Waals surface area contributed by atoms with Crippen molar-refractivity contribution in [3.05, 3.63) is 35.8 Å². The minimum atomic E-state index is -0.912. The molecule has 0 amide bonds. The maximum absolute atomic E-state index is 11.0. The van der Waals surface area contributed by atoms with Crippen molar-refractivity contribution in [1.82, 2.24) is 14.3 Å². The highest BCUT2D eigenvalue weighted by Crippen LogP contribution is 2.30. The molecule has 1 aliphatic heterocycles. The lowest BCUT2D eigenvalue weighted by Gasteiger charge is -2.33. The first-order valence-corrected chi connectivity index (χ1v) is 7.15. The molecule has 1 aliphatic rings. The van der Waals surface area contributed by atoms with Crippen LogP contribution >= 0.6 is 0 Å². The number of hydrogen-bond donors (Lipinski definition) is 1. The number of carboxylic acid groups (broad SMARTS) is 1. The number of nitrogens with zero attached hydrogens (tertiary/aromatic N) is 3. The molecule has 0 spiro atoms. The van der Waals surface area contributed by atoms with Crippen LogP contribution in [0.2, 0.25) is 0 Å². The summed E-state index contributed by atoms with van der Waals surface area (Å²) in [6.45, 7) is 4.32. The van der Waals surface area contributed by atoms with Crippen molar-refractivity contribution >= 4 is 11.6 Å². The third kappa shape index (κ3) is 2.29. The van der Waals surface area contributed by atoms with E-state index >= 15 is 0 Å². The molecular formula is C15H19N3O2. The van der Waals surface area contributed by atoms with E-state index in [1.807, 2.05) is 10.6 Å². The van der Waals surface area contributed by atoms with Gasteiger partial charge < -0.3 is 9.51 Å². The lowest BCUT2D eigenvalue weighted by Crippen LogP contribution is -2.33. The van der Waals surface area contributed by atoms with Gasteiger partial charge in [-0.2, -0.15) is 0 Å². The maximum atomic E-state index is 11.0. The van der Waals surface area contributed by atoms with Gasteiger partial charge in [-0.25, -0.2) is 9.78 Å². The quantitative estimate of drug-likeness (QED) is 0.933. The van der Waals surface area contributed by atoms with Gasteiger partial charge in [0.1, 0.15) is 5.65 Å². The van der Waals surface area contributed by atoms with E-state index in [0.717, 1.165) is 25.2 Å². The maximum Gasteiger partial charge on any atom is 0.335 e. The molecule has 3 heterocycles. The van der Waals surface area contributed by atoms with E-state index in [0.29, 0.717) is 11.7 Å². The van der Waals surface area contributed by atoms with Gasteiger partial charge >= 0.3 is 5.97 Å². The molecule has 0 bridgehead atoms. The first-order chi connectivity index (χ1) is 9.69. The van der Waals surface area contributed by atoms with Gasteiger partial charge in [-0.3, -0.25) is 4.90 Å². The summed E-state index contributed by atoms with van der Waals surface area (Å²) in [6.07, 6.45) is 7.41. The van der Waals surface area contributed by atoms with Crippen molar-refractivity contribution < 1.29 is 9.90 Å². The molecule has 2 aromatic heterocycles. The van der Waals surface area contributed by atoms with E-state index < -0.39 is 5.97 Å². The van der Waals surface area contributed by atoms with Crippen LogP contribution in [-0.4, -0.2) is 38.4 Å². The lowest BCUT2D eigenvalue weighted by molar-refractivity contribution is 0.0697. The van der Waals surface area contributed by atoms with Crippen molar-refractivity contribution in [2.24, 2.45) is 0 Å². The number of rotatable bonds is 3. The van der Waals surface area contributed by atoms with E-state index in [9.17, 15) is 4.79 Å². The fourth-order valence-corrected chi connectivity index (χ4v) is 3.00. The molecule has 1 atom stereocenters. The molecule has 1 unspecified atom stereocenters. The molecule has 0 saturated carbocycles. The zero-order valence-corrected chi connectivity index (χ0v) is 11.6. The summed E-state index contributed by atoms with van der Waals surface area (Å²) < 4.78 is 1.91. The Morgan fingerprint density at radius 2 is 2.35 bits per heavy atom. The minimum Gasteiger partial charge on any atom is -0.478 e. The summed E-state index contributed by atoms with van der Waals surface area (Å²) >= 11 is 0. The third-order valence-electron chi connectivity index (χ3n) is 4.09. The Morgan fingerprint density at radius 3 is 3.10 bits per heavy atom. The molecule has 0 aromatic carbocycles. The number of carbonyl (C=O) groups is 1. The number of piperidine rings is 1. The van der Waals surface area contributed by atoms with Crippen molar-refractivity contribution in [2.75, 3.05) is 13.1 Å². The van der Waals surface area contributed by atoms with Gasteiger partial charge in [-0.15, -0.1) is 0 Å². The fraction of sp³-hybridized carbons (Fsp3) is 0.467. The number of imidazole rings is 1.